The smallest absolute Gasteiger partial charge is 0.222 e. The van der Waals surface area contributed by atoms with Gasteiger partial charge in [-0.1, -0.05) is 49.7 Å². The zero-order chi connectivity index (χ0) is 24.6. The largest absolute Gasteiger partial charge is 0.496 e. The summed E-state index contributed by atoms with van der Waals surface area (Å²) in [7, 11) is 1.70. The van der Waals surface area contributed by atoms with Crippen molar-refractivity contribution in [2.75, 3.05) is 31.3 Å². The Morgan fingerprint density at radius 1 is 1.00 bits per heavy atom. The van der Waals surface area contributed by atoms with E-state index in [-0.39, 0.29) is 12.6 Å². The van der Waals surface area contributed by atoms with Crippen LogP contribution >= 0.6 is 0 Å². The number of aryl methyl sites for hydroxylation is 2. The molecule has 0 radical (unpaired) electrons. The molecule has 4 rings (SSSR count). The summed E-state index contributed by atoms with van der Waals surface area (Å²) in [6.07, 6.45) is 6.60. The van der Waals surface area contributed by atoms with Crippen LogP contribution in [0.5, 0.6) is 5.75 Å². The Bertz CT molecular complexity index is 1250. The third-order valence-electron chi connectivity index (χ3n) is 6.06. The van der Waals surface area contributed by atoms with Crippen LogP contribution in [0.1, 0.15) is 42.0 Å². The van der Waals surface area contributed by atoms with Gasteiger partial charge in [-0.15, -0.1) is 0 Å². The second kappa shape index (κ2) is 11.7. The summed E-state index contributed by atoms with van der Waals surface area (Å²) >= 11 is 0. The third-order valence-corrected chi connectivity index (χ3v) is 6.06. The number of anilines is 2. The zero-order valence-corrected chi connectivity index (χ0v) is 20.5. The van der Waals surface area contributed by atoms with E-state index < -0.39 is 0 Å². The van der Waals surface area contributed by atoms with Crippen molar-refractivity contribution in [1.82, 2.24) is 19.7 Å². The second-order valence-electron chi connectivity index (χ2n) is 8.71. The lowest BCUT2D eigenvalue weighted by Gasteiger charge is -2.11. The quantitative estimate of drug-likeness (QED) is 0.266. The third kappa shape index (κ3) is 6.27. The molecule has 4 N–H and O–H groups in total. The number of fused-ring (bicyclic) bond motifs is 1. The highest BCUT2D eigenvalue weighted by molar-refractivity contribution is 5.85. The highest BCUT2D eigenvalue weighted by Crippen LogP contribution is 2.25. The molecule has 8 nitrogen and oxygen atoms in total. The molecule has 0 unspecified atom stereocenters. The monoisotopic (exact) mass is 474 g/mol. The second-order valence-corrected chi connectivity index (χ2v) is 8.71. The van der Waals surface area contributed by atoms with Crippen molar-refractivity contribution in [3.05, 3.63) is 70.9 Å². The van der Waals surface area contributed by atoms with Crippen molar-refractivity contribution in [2.45, 2.75) is 45.6 Å². The van der Waals surface area contributed by atoms with E-state index in [1.165, 1.54) is 11.1 Å². The highest BCUT2D eigenvalue weighted by Gasteiger charge is 2.13. The van der Waals surface area contributed by atoms with E-state index in [4.69, 9.17) is 20.7 Å². The number of hydrogen-bond acceptors (Lipinski definition) is 7. The molecule has 184 valence electrons. The molecule has 2 heterocycles. The van der Waals surface area contributed by atoms with E-state index in [0.29, 0.717) is 18.8 Å². The number of nitrogens with one attached hydrogen (secondary N) is 1. The molecule has 0 bridgehead atoms. The van der Waals surface area contributed by atoms with Gasteiger partial charge in [-0.05, 0) is 48.4 Å². The SMILES string of the molecule is CCCCNc1nc(N)nc2cn(Cc3ccc(CCc4ccc(CCO)cc4)cc3OC)nc12. The van der Waals surface area contributed by atoms with Crippen LogP contribution in [0, 0.1) is 0 Å². The number of aliphatic hydroxyl groups is 1. The Hall–Kier alpha value is -3.65. The van der Waals surface area contributed by atoms with Crippen molar-refractivity contribution < 1.29 is 9.84 Å². The zero-order valence-electron chi connectivity index (χ0n) is 20.5. The van der Waals surface area contributed by atoms with Crippen LogP contribution < -0.4 is 15.8 Å². The summed E-state index contributed by atoms with van der Waals surface area (Å²) < 4.78 is 7.57. The van der Waals surface area contributed by atoms with Gasteiger partial charge in [-0.25, -0.2) is 4.98 Å². The number of nitrogens with zero attached hydrogens (tertiary/aromatic N) is 4. The molecule has 4 aromatic rings. The molecular formula is C27H34N6O2. The lowest BCUT2D eigenvalue weighted by Crippen LogP contribution is -2.07. The summed E-state index contributed by atoms with van der Waals surface area (Å²) in [6.45, 7) is 3.70. The molecule has 35 heavy (non-hydrogen) atoms. The van der Waals surface area contributed by atoms with Crippen LogP contribution in [-0.4, -0.2) is 45.1 Å². The molecule has 0 atom stereocenters. The standard InChI is InChI=1S/C27H34N6O2/c1-3-4-14-29-26-25-23(30-27(28)31-26)18-33(32-25)17-22-12-11-21(16-24(22)35-2)10-9-19-5-7-20(8-6-19)13-15-34/h5-8,11-12,16,18,34H,3-4,9-10,13-15,17H2,1-2H3,(H3,28,29,30,31). The number of ether oxygens (including phenoxy) is 1. The summed E-state index contributed by atoms with van der Waals surface area (Å²) in [6, 6.07) is 14.8. The highest BCUT2D eigenvalue weighted by atomic mass is 16.5. The first-order valence-electron chi connectivity index (χ1n) is 12.2. The molecule has 8 heteroatoms. The molecule has 0 spiro atoms. The lowest BCUT2D eigenvalue weighted by molar-refractivity contribution is 0.299. The van der Waals surface area contributed by atoms with Crippen molar-refractivity contribution >= 4 is 22.8 Å². The Labute approximate surface area is 206 Å². The number of benzene rings is 2. The predicted octanol–water partition coefficient (Wildman–Crippen LogP) is 4.00. The van der Waals surface area contributed by atoms with Gasteiger partial charge in [0.15, 0.2) is 11.3 Å². The fourth-order valence-electron chi connectivity index (χ4n) is 4.11. The number of nitrogen functional groups attached to an aromatic ring is 1. The number of aliphatic hydroxyl groups excluding tert-OH is 1. The molecule has 0 fully saturated rings. The van der Waals surface area contributed by atoms with Gasteiger partial charge in [-0.3, -0.25) is 4.68 Å². The summed E-state index contributed by atoms with van der Waals surface area (Å²) in [5, 5.41) is 17.1. The molecule has 2 aromatic carbocycles. The van der Waals surface area contributed by atoms with Crippen LogP contribution in [0.2, 0.25) is 0 Å². The van der Waals surface area contributed by atoms with E-state index in [1.54, 1.807) is 7.11 Å². The van der Waals surface area contributed by atoms with Crippen molar-refractivity contribution in [1.29, 1.82) is 0 Å². The maximum absolute atomic E-state index is 9.07. The fourth-order valence-corrected chi connectivity index (χ4v) is 4.11. The minimum atomic E-state index is 0.179. The lowest BCUT2D eigenvalue weighted by atomic mass is 10.0. The minimum Gasteiger partial charge on any atom is -0.496 e. The molecule has 0 saturated heterocycles. The molecule has 0 aliphatic rings. The first kappa shape index (κ1) is 24.5. The Kier molecular flexibility index (Phi) is 8.15. The van der Waals surface area contributed by atoms with E-state index in [0.717, 1.165) is 60.1 Å². The minimum absolute atomic E-state index is 0.179. The average molecular weight is 475 g/mol. The van der Waals surface area contributed by atoms with E-state index >= 15 is 0 Å². The first-order chi connectivity index (χ1) is 17.1. The topological polar surface area (TPSA) is 111 Å². The molecule has 0 aliphatic heterocycles. The van der Waals surface area contributed by atoms with E-state index in [2.05, 4.69) is 64.7 Å². The first-order valence-corrected chi connectivity index (χ1v) is 12.2. The molecule has 0 saturated carbocycles. The molecular weight excluding hydrogens is 440 g/mol. The number of aromatic nitrogens is 4. The van der Waals surface area contributed by atoms with E-state index in [1.807, 2.05) is 10.9 Å². The number of nitrogens with two attached hydrogens (primary N) is 1. The van der Waals surface area contributed by atoms with Crippen LogP contribution in [0.15, 0.2) is 48.7 Å². The predicted molar refractivity (Wildman–Crippen MR) is 140 cm³/mol. The van der Waals surface area contributed by atoms with Gasteiger partial charge in [0.1, 0.15) is 11.3 Å². The van der Waals surface area contributed by atoms with Crippen LogP contribution in [-0.2, 0) is 25.8 Å². The van der Waals surface area contributed by atoms with Gasteiger partial charge >= 0.3 is 0 Å². The number of hydrogen-bond donors (Lipinski definition) is 3. The maximum Gasteiger partial charge on any atom is 0.222 e. The van der Waals surface area contributed by atoms with Crippen molar-refractivity contribution in [3.8, 4) is 5.75 Å². The summed E-state index contributed by atoms with van der Waals surface area (Å²) in [5.74, 6) is 1.75. The number of methoxy groups -OCH3 is 1. The van der Waals surface area contributed by atoms with Gasteiger partial charge < -0.3 is 20.9 Å². The van der Waals surface area contributed by atoms with Gasteiger partial charge in [0.2, 0.25) is 5.95 Å². The summed E-state index contributed by atoms with van der Waals surface area (Å²) in [4.78, 5) is 8.69. The Balaban J connectivity index is 1.46. The normalized spacial score (nSPS) is 11.2. The Morgan fingerprint density at radius 2 is 1.71 bits per heavy atom. The molecule has 0 amide bonds. The van der Waals surface area contributed by atoms with Gasteiger partial charge in [0.25, 0.3) is 0 Å². The van der Waals surface area contributed by atoms with Crippen LogP contribution in [0.25, 0.3) is 11.0 Å². The van der Waals surface area contributed by atoms with Crippen LogP contribution in [0.3, 0.4) is 0 Å². The molecule has 2 aromatic heterocycles. The Morgan fingerprint density at radius 3 is 2.43 bits per heavy atom. The number of unbranched alkanes of at least 4 members (excludes halogenated alkanes) is 1. The van der Waals surface area contributed by atoms with Crippen molar-refractivity contribution in [3.63, 3.8) is 0 Å². The fraction of sp³-hybridized carbons (Fsp3) is 0.370. The van der Waals surface area contributed by atoms with Gasteiger partial charge in [-0.2, -0.15) is 10.1 Å². The van der Waals surface area contributed by atoms with E-state index in [9.17, 15) is 0 Å². The number of rotatable bonds is 12. The maximum atomic E-state index is 9.07. The average Bonchev–Trinajstić information content (AvgIpc) is 3.27. The van der Waals surface area contributed by atoms with Gasteiger partial charge in [0.05, 0.1) is 19.9 Å². The van der Waals surface area contributed by atoms with Crippen LogP contribution in [0.4, 0.5) is 11.8 Å². The molecule has 0 aliphatic carbocycles. The summed E-state index contributed by atoms with van der Waals surface area (Å²) in [5.41, 5.74) is 12.1. The van der Waals surface area contributed by atoms with Crippen molar-refractivity contribution in [2.24, 2.45) is 0 Å². The van der Waals surface area contributed by atoms with Gasteiger partial charge in [0, 0.05) is 18.7 Å².